The summed E-state index contributed by atoms with van der Waals surface area (Å²) in [5.41, 5.74) is 2.68. The van der Waals surface area contributed by atoms with Crippen molar-refractivity contribution < 1.29 is 9.64 Å². The van der Waals surface area contributed by atoms with Crippen LogP contribution >= 0.6 is 0 Å². The first-order valence-corrected chi connectivity index (χ1v) is 7.99. The number of ether oxygens (including phenoxy) is 1. The van der Waals surface area contributed by atoms with Gasteiger partial charge in [-0.1, -0.05) is 42.5 Å². The largest absolute Gasteiger partial charge is 0.488 e. The molecule has 0 aromatic heterocycles. The Labute approximate surface area is 127 Å². The zero-order valence-corrected chi connectivity index (χ0v) is 12.6. The van der Waals surface area contributed by atoms with E-state index < -0.39 is 0 Å². The lowest BCUT2D eigenvalue weighted by atomic mass is 10.1. The smallest absolute Gasteiger partial charge is 0.137 e. The van der Waals surface area contributed by atoms with Gasteiger partial charge >= 0.3 is 0 Å². The van der Waals surface area contributed by atoms with Crippen molar-refractivity contribution in [3.8, 4) is 5.75 Å². The molecule has 2 aromatic carbocycles. The first-order valence-electron chi connectivity index (χ1n) is 7.99. The molecule has 0 radical (unpaired) electrons. The van der Waals surface area contributed by atoms with E-state index in [-0.39, 0.29) is 0 Å². The van der Waals surface area contributed by atoms with Crippen LogP contribution < -0.4 is 9.64 Å². The molecule has 1 aliphatic rings. The fourth-order valence-corrected chi connectivity index (χ4v) is 2.97. The standard InChI is InChI=1S/C19H23NO/c1-2-6-17(7-3-1)16-18-8-10-19(11-9-18)21-15-14-20-12-4-5-13-20/h1-3,6-11H,4-5,12-16H2/p+1. The van der Waals surface area contributed by atoms with Gasteiger partial charge in [0.05, 0.1) is 13.1 Å². The van der Waals surface area contributed by atoms with Crippen molar-refractivity contribution in [2.24, 2.45) is 0 Å². The average molecular weight is 282 g/mol. The van der Waals surface area contributed by atoms with Crippen LogP contribution in [-0.2, 0) is 6.42 Å². The summed E-state index contributed by atoms with van der Waals surface area (Å²) in [5.74, 6) is 0.991. The summed E-state index contributed by atoms with van der Waals surface area (Å²) < 4.78 is 5.85. The number of nitrogens with one attached hydrogen (secondary N) is 1. The van der Waals surface area contributed by atoms with Gasteiger partial charge in [-0.25, -0.2) is 0 Å². The molecule has 3 rings (SSSR count). The van der Waals surface area contributed by atoms with Gasteiger partial charge in [0.1, 0.15) is 18.9 Å². The summed E-state index contributed by atoms with van der Waals surface area (Å²) in [6.45, 7) is 4.60. The fourth-order valence-electron chi connectivity index (χ4n) is 2.97. The molecule has 0 saturated carbocycles. The van der Waals surface area contributed by atoms with E-state index in [4.69, 9.17) is 4.74 Å². The Morgan fingerprint density at radius 3 is 2.19 bits per heavy atom. The number of hydrogen-bond acceptors (Lipinski definition) is 1. The molecule has 21 heavy (non-hydrogen) atoms. The summed E-state index contributed by atoms with van der Waals surface area (Å²) in [7, 11) is 0. The highest BCUT2D eigenvalue weighted by Gasteiger charge is 2.14. The molecule has 1 heterocycles. The maximum Gasteiger partial charge on any atom is 0.137 e. The zero-order chi connectivity index (χ0) is 14.3. The van der Waals surface area contributed by atoms with Gasteiger partial charge in [0.15, 0.2) is 0 Å². The maximum atomic E-state index is 5.85. The summed E-state index contributed by atoms with van der Waals surface area (Å²) in [5, 5.41) is 0. The van der Waals surface area contributed by atoms with E-state index in [1.165, 1.54) is 37.1 Å². The quantitative estimate of drug-likeness (QED) is 0.858. The van der Waals surface area contributed by atoms with Gasteiger partial charge in [-0.05, 0) is 29.7 Å². The molecule has 0 amide bonds. The van der Waals surface area contributed by atoms with Crippen LogP contribution in [0.2, 0.25) is 0 Å². The number of quaternary nitrogens is 1. The predicted molar refractivity (Wildman–Crippen MR) is 86.0 cm³/mol. The molecule has 2 heteroatoms. The van der Waals surface area contributed by atoms with E-state index in [9.17, 15) is 0 Å². The molecule has 1 aliphatic heterocycles. The highest BCUT2D eigenvalue weighted by atomic mass is 16.5. The molecule has 2 nitrogen and oxygen atoms in total. The van der Waals surface area contributed by atoms with Crippen molar-refractivity contribution in [1.82, 2.24) is 0 Å². The Morgan fingerprint density at radius 2 is 1.48 bits per heavy atom. The Balaban J connectivity index is 1.47. The lowest BCUT2D eigenvalue weighted by molar-refractivity contribution is -0.887. The summed E-state index contributed by atoms with van der Waals surface area (Å²) >= 11 is 0. The van der Waals surface area contributed by atoms with Gasteiger partial charge in [-0.3, -0.25) is 0 Å². The van der Waals surface area contributed by atoms with E-state index in [2.05, 4.69) is 54.6 Å². The van der Waals surface area contributed by atoms with Crippen molar-refractivity contribution in [3.63, 3.8) is 0 Å². The molecule has 110 valence electrons. The zero-order valence-electron chi connectivity index (χ0n) is 12.6. The summed E-state index contributed by atoms with van der Waals surface area (Å²) in [4.78, 5) is 1.69. The third-order valence-corrected chi connectivity index (χ3v) is 4.21. The topological polar surface area (TPSA) is 13.7 Å². The number of likely N-dealkylation sites (tertiary alicyclic amines) is 1. The number of benzene rings is 2. The molecule has 0 aliphatic carbocycles. The Hall–Kier alpha value is -1.80. The van der Waals surface area contributed by atoms with Crippen molar-refractivity contribution in [2.45, 2.75) is 19.3 Å². The molecular formula is C19H24NO+. The predicted octanol–water partition coefficient (Wildman–Crippen LogP) is 2.33. The first kappa shape index (κ1) is 14.2. The van der Waals surface area contributed by atoms with E-state index in [0.717, 1.165) is 25.3 Å². The molecule has 2 aromatic rings. The van der Waals surface area contributed by atoms with E-state index >= 15 is 0 Å². The molecular weight excluding hydrogens is 258 g/mol. The molecule has 1 fully saturated rings. The lowest BCUT2D eigenvalue weighted by Crippen LogP contribution is -3.10. The minimum atomic E-state index is 0.827. The molecule has 0 unspecified atom stereocenters. The van der Waals surface area contributed by atoms with Gasteiger partial charge in [-0.15, -0.1) is 0 Å². The van der Waals surface area contributed by atoms with Gasteiger partial charge in [-0.2, -0.15) is 0 Å². The second-order valence-electron chi connectivity index (χ2n) is 5.86. The van der Waals surface area contributed by atoms with Crippen LogP contribution in [0.25, 0.3) is 0 Å². The molecule has 1 N–H and O–H groups in total. The van der Waals surface area contributed by atoms with E-state index in [0.29, 0.717) is 0 Å². The Morgan fingerprint density at radius 1 is 0.810 bits per heavy atom. The summed E-state index contributed by atoms with van der Waals surface area (Å²) in [6.07, 6.45) is 3.74. The van der Waals surface area contributed by atoms with Crippen LogP contribution in [-0.4, -0.2) is 26.2 Å². The molecule has 0 spiro atoms. The van der Waals surface area contributed by atoms with Crippen LogP contribution in [0.3, 0.4) is 0 Å². The minimum Gasteiger partial charge on any atom is -0.488 e. The van der Waals surface area contributed by atoms with Crippen LogP contribution in [0, 0.1) is 0 Å². The average Bonchev–Trinajstić information content (AvgIpc) is 3.03. The molecule has 0 atom stereocenters. The molecule has 1 saturated heterocycles. The monoisotopic (exact) mass is 282 g/mol. The van der Waals surface area contributed by atoms with Gasteiger partial charge in [0.25, 0.3) is 0 Å². The van der Waals surface area contributed by atoms with Crippen molar-refractivity contribution >= 4 is 0 Å². The van der Waals surface area contributed by atoms with Crippen LogP contribution in [0.1, 0.15) is 24.0 Å². The second-order valence-corrected chi connectivity index (χ2v) is 5.86. The van der Waals surface area contributed by atoms with Crippen LogP contribution in [0.15, 0.2) is 54.6 Å². The number of hydrogen-bond donors (Lipinski definition) is 1. The van der Waals surface area contributed by atoms with Crippen LogP contribution in [0.4, 0.5) is 0 Å². The van der Waals surface area contributed by atoms with Crippen molar-refractivity contribution in [1.29, 1.82) is 0 Å². The maximum absolute atomic E-state index is 5.85. The SMILES string of the molecule is c1ccc(Cc2ccc(OCC[NH+]3CCCC3)cc2)cc1. The minimum absolute atomic E-state index is 0.827. The highest BCUT2D eigenvalue weighted by Crippen LogP contribution is 2.15. The lowest BCUT2D eigenvalue weighted by Gasteiger charge is -2.13. The normalized spacial score (nSPS) is 15.2. The van der Waals surface area contributed by atoms with E-state index in [1.54, 1.807) is 4.90 Å². The molecule has 0 bridgehead atoms. The van der Waals surface area contributed by atoms with Gasteiger partial charge in [0, 0.05) is 12.8 Å². The van der Waals surface area contributed by atoms with Crippen molar-refractivity contribution in [3.05, 3.63) is 65.7 Å². The second kappa shape index (κ2) is 7.28. The van der Waals surface area contributed by atoms with E-state index in [1.807, 2.05) is 0 Å². The highest BCUT2D eigenvalue weighted by molar-refractivity contribution is 5.31. The number of rotatable bonds is 6. The van der Waals surface area contributed by atoms with Gasteiger partial charge in [0.2, 0.25) is 0 Å². The summed E-state index contributed by atoms with van der Waals surface area (Å²) in [6, 6.07) is 19.1. The van der Waals surface area contributed by atoms with Crippen LogP contribution in [0.5, 0.6) is 5.75 Å². The third-order valence-electron chi connectivity index (χ3n) is 4.21. The fraction of sp³-hybridized carbons (Fsp3) is 0.368. The van der Waals surface area contributed by atoms with Gasteiger partial charge < -0.3 is 9.64 Å². The Bertz CT molecular complexity index is 529. The Kier molecular flexibility index (Phi) is 4.90. The first-order chi connectivity index (χ1) is 10.4. The van der Waals surface area contributed by atoms with Crippen molar-refractivity contribution in [2.75, 3.05) is 26.2 Å². The third kappa shape index (κ3) is 4.33.